The van der Waals surface area contributed by atoms with Crippen LogP contribution in [0.1, 0.15) is 39.0 Å². The average Bonchev–Trinajstić information content (AvgIpc) is 3.23. The molecule has 2 saturated heterocycles. The first kappa shape index (κ1) is 21.0. The van der Waals surface area contributed by atoms with E-state index < -0.39 is 12.8 Å². The Bertz CT molecular complexity index is 481. The Labute approximate surface area is 151 Å². The molecule has 2 fully saturated rings. The van der Waals surface area contributed by atoms with Crippen molar-refractivity contribution in [3.63, 3.8) is 0 Å². The number of alkyl halides is 3. The molecule has 0 saturated carbocycles. The quantitative estimate of drug-likeness (QED) is 0.604. The molecule has 2 unspecified atom stereocenters. The Morgan fingerprint density at radius 2 is 2.08 bits per heavy atom. The fraction of sp³-hybridized carbons (Fsp3) is 0.882. The van der Waals surface area contributed by atoms with E-state index in [-0.39, 0.29) is 37.0 Å². The minimum absolute atomic E-state index is 0.0125. The number of nitrogens with zero attached hydrogens (tertiary/aromatic N) is 2. The highest BCUT2D eigenvalue weighted by molar-refractivity contribution is 5.78. The van der Waals surface area contributed by atoms with Gasteiger partial charge in [0.05, 0.1) is 31.6 Å². The molecule has 2 aliphatic rings. The van der Waals surface area contributed by atoms with Gasteiger partial charge in [-0.25, -0.2) is 0 Å². The number of amides is 2. The van der Waals surface area contributed by atoms with Crippen molar-refractivity contribution in [2.24, 2.45) is 0 Å². The Hall–Kier alpha value is -1.35. The molecule has 2 heterocycles. The molecule has 0 N–H and O–H groups in total. The van der Waals surface area contributed by atoms with E-state index in [0.717, 1.165) is 12.8 Å². The van der Waals surface area contributed by atoms with Gasteiger partial charge in [-0.2, -0.15) is 13.2 Å². The van der Waals surface area contributed by atoms with E-state index in [9.17, 15) is 22.8 Å². The van der Waals surface area contributed by atoms with Crippen LogP contribution in [0.2, 0.25) is 0 Å². The zero-order chi connectivity index (χ0) is 19.2. The molecular weight excluding hydrogens is 353 g/mol. The minimum Gasteiger partial charge on any atom is -0.378 e. The van der Waals surface area contributed by atoms with Crippen molar-refractivity contribution >= 4 is 11.8 Å². The molecule has 26 heavy (non-hydrogen) atoms. The Kier molecular flexibility index (Phi) is 7.69. The average molecular weight is 380 g/mol. The number of likely N-dealkylation sites (N-methyl/N-ethyl adjacent to an activating group) is 1. The lowest BCUT2D eigenvalue weighted by Crippen LogP contribution is -2.43. The first-order valence-corrected chi connectivity index (χ1v) is 9.13. The largest absolute Gasteiger partial charge is 0.411 e. The summed E-state index contributed by atoms with van der Waals surface area (Å²) in [6.07, 6.45) is -1.56. The van der Waals surface area contributed by atoms with Crippen LogP contribution in [0, 0.1) is 0 Å². The highest BCUT2D eigenvalue weighted by Crippen LogP contribution is 2.21. The number of carbonyl (C=O) groups excluding carboxylic acids is 2. The maximum atomic E-state index is 12.5. The first-order valence-electron chi connectivity index (χ1n) is 9.13. The molecule has 0 bridgehead atoms. The Morgan fingerprint density at radius 1 is 1.31 bits per heavy atom. The van der Waals surface area contributed by atoms with Crippen LogP contribution in [0.3, 0.4) is 0 Å². The van der Waals surface area contributed by atoms with Crippen molar-refractivity contribution in [1.82, 2.24) is 9.80 Å². The molecule has 0 aliphatic carbocycles. The molecule has 0 spiro atoms. The van der Waals surface area contributed by atoms with Crippen molar-refractivity contribution < 1.29 is 32.2 Å². The number of ether oxygens (including phenoxy) is 2. The molecule has 9 heteroatoms. The molecule has 6 nitrogen and oxygen atoms in total. The van der Waals surface area contributed by atoms with E-state index in [4.69, 9.17) is 4.74 Å². The fourth-order valence-corrected chi connectivity index (χ4v) is 3.48. The highest BCUT2D eigenvalue weighted by atomic mass is 19.4. The molecule has 150 valence electrons. The lowest BCUT2D eigenvalue weighted by molar-refractivity contribution is -0.175. The number of halogens is 3. The number of hydrogen-bond acceptors (Lipinski definition) is 4. The van der Waals surface area contributed by atoms with Gasteiger partial charge in [0.1, 0.15) is 6.61 Å². The van der Waals surface area contributed by atoms with Crippen LogP contribution in [0.25, 0.3) is 0 Å². The SMILES string of the molecule is CCN(C(=O)CC1CCCO1)C1CCN(C(=O)CCOCC(F)(F)F)C1. The third kappa shape index (κ3) is 6.42. The maximum Gasteiger partial charge on any atom is 0.411 e. The Morgan fingerprint density at radius 3 is 2.69 bits per heavy atom. The summed E-state index contributed by atoms with van der Waals surface area (Å²) < 4.78 is 46.0. The molecule has 2 rings (SSSR count). The van der Waals surface area contributed by atoms with Crippen molar-refractivity contribution in [2.45, 2.75) is 57.3 Å². The Balaban J connectivity index is 1.74. The van der Waals surface area contributed by atoms with Gasteiger partial charge in [0.25, 0.3) is 0 Å². The molecule has 0 aromatic carbocycles. The predicted octanol–water partition coefficient (Wildman–Crippen LogP) is 1.97. The van der Waals surface area contributed by atoms with Gasteiger partial charge < -0.3 is 19.3 Å². The summed E-state index contributed by atoms with van der Waals surface area (Å²) >= 11 is 0. The fourth-order valence-electron chi connectivity index (χ4n) is 3.48. The lowest BCUT2D eigenvalue weighted by atomic mass is 10.1. The standard InChI is InChI=1S/C17H27F3N2O4/c1-2-22(16(24)10-14-4-3-8-26-14)13-5-7-21(11-13)15(23)6-9-25-12-17(18,19)20/h13-14H,2-12H2,1H3. The number of hydrogen-bond donors (Lipinski definition) is 0. The summed E-state index contributed by atoms with van der Waals surface area (Å²) in [5, 5.41) is 0. The van der Waals surface area contributed by atoms with Gasteiger partial charge in [-0.1, -0.05) is 0 Å². The maximum absolute atomic E-state index is 12.5. The number of rotatable bonds is 8. The predicted molar refractivity (Wildman–Crippen MR) is 87.5 cm³/mol. The van der Waals surface area contributed by atoms with Crippen LogP contribution >= 0.6 is 0 Å². The first-order chi connectivity index (χ1) is 12.3. The summed E-state index contributed by atoms with van der Waals surface area (Å²) in [7, 11) is 0. The van der Waals surface area contributed by atoms with Gasteiger partial charge in [-0.05, 0) is 26.2 Å². The van der Waals surface area contributed by atoms with Crippen LogP contribution < -0.4 is 0 Å². The monoisotopic (exact) mass is 380 g/mol. The molecule has 2 amide bonds. The van der Waals surface area contributed by atoms with Gasteiger partial charge >= 0.3 is 6.18 Å². The van der Waals surface area contributed by atoms with E-state index in [0.29, 0.717) is 39.1 Å². The second-order valence-electron chi connectivity index (χ2n) is 6.72. The zero-order valence-corrected chi connectivity index (χ0v) is 15.1. The zero-order valence-electron chi connectivity index (χ0n) is 15.1. The summed E-state index contributed by atoms with van der Waals surface area (Å²) in [6.45, 7) is 2.50. The third-order valence-electron chi connectivity index (χ3n) is 4.77. The normalized spacial score (nSPS) is 23.5. The van der Waals surface area contributed by atoms with Gasteiger partial charge in [-0.3, -0.25) is 9.59 Å². The van der Waals surface area contributed by atoms with E-state index in [1.807, 2.05) is 6.92 Å². The summed E-state index contributed by atoms with van der Waals surface area (Å²) in [5.74, 6) is -0.204. The van der Waals surface area contributed by atoms with Gasteiger partial charge in [0.15, 0.2) is 0 Å². The van der Waals surface area contributed by atoms with E-state index >= 15 is 0 Å². The van der Waals surface area contributed by atoms with E-state index in [2.05, 4.69) is 4.74 Å². The van der Waals surface area contributed by atoms with Crippen LogP contribution in [0.15, 0.2) is 0 Å². The highest BCUT2D eigenvalue weighted by Gasteiger charge is 2.33. The van der Waals surface area contributed by atoms with Crippen LogP contribution in [0.4, 0.5) is 13.2 Å². The van der Waals surface area contributed by atoms with Crippen molar-refractivity contribution in [3.05, 3.63) is 0 Å². The van der Waals surface area contributed by atoms with Gasteiger partial charge in [0.2, 0.25) is 11.8 Å². The lowest BCUT2D eigenvalue weighted by Gasteiger charge is -2.29. The van der Waals surface area contributed by atoms with E-state index in [1.54, 1.807) is 9.80 Å². The van der Waals surface area contributed by atoms with Crippen molar-refractivity contribution in [2.75, 3.05) is 39.5 Å². The minimum atomic E-state index is -4.38. The number of likely N-dealkylation sites (tertiary alicyclic amines) is 1. The molecule has 0 aromatic rings. The molecule has 0 radical (unpaired) electrons. The summed E-state index contributed by atoms with van der Waals surface area (Å²) in [4.78, 5) is 28.0. The van der Waals surface area contributed by atoms with Gasteiger partial charge in [0, 0.05) is 26.2 Å². The van der Waals surface area contributed by atoms with Gasteiger partial charge in [-0.15, -0.1) is 0 Å². The van der Waals surface area contributed by atoms with Crippen molar-refractivity contribution in [3.8, 4) is 0 Å². The van der Waals surface area contributed by atoms with E-state index in [1.165, 1.54) is 0 Å². The van der Waals surface area contributed by atoms with Crippen LogP contribution in [0.5, 0.6) is 0 Å². The van der Waals surface area contributed by atoms with Crippen molar-refractivity contribution in [1.29, 1.82) is 0 Å². The second-order valence-corrected chi connectivity index (χ2v) is 6.72. The summed E-state index contributed by atoms with van der Waals surface area (Å²) in [5.41, 5.74) is 0. The smallest absolute Gasteiger partial charge is 0.378 e. The third-order valence-corrected chi connectivity index (χ3v) is 4.77. The number of carbonyl (C=O) groups is 2. The summed E-state index contributed by atoms with van der Waals surface area (Å²) in [6, 6.07) is -0.0473. The molecule has 2 atom stereocenters. The molecule has 2 aliphatic heterocycles. The topological polar surface area (TPSA) is 59.1 Å². The molecular formula is C17H27F3N2O4. The molecule has 0 aromatic heterocycles. The van der Waals surface area contributed by atoms with Crippen LogP contribution in [-0.2, 0) is 19.1 Å². The van der Waals surface area contributed by atoms with Crippen LogP contribution in [-0.4, -0.2) is 79.4 Å². The second kappa shape index (κ2) is 9.55.